The van der Waals surface area contributed by atoms with Gasteiger partial charge in [-0.25, -0.2) is 0 Å². The molecule has 8 unspecified atom stereocenters. The van der Waals surface area contributed by atoms with Crippen LogP contribution in [0.25, 0.3) is 0 Å². The quantitative estimate of drug-likeness (QED) is 0.0504. The zero-order valence-electron chi connectivity index (χ0n) is 45.9. The molecule has 18 N–H and O–H groups in total. The maximum atomic E-state index is 13.4. The SMILES string of the molecule is C[C@@H]1O[C@@H](OC[C@H]2O[C@@H](OC3CC4C(O)CC(O[C@@H]5O[C@H](COC(=O)C6CCC(O[C@@H]7O[C@H](COC(=O)C8CCC(O)CC8)[C@@H](O)[C@H](O)[C@H]7O)CC6)[C@@H](O)[C@H](O)[C@H]5O)CC4[OH+]C3C3CC(O)C(O)C(O)C3)[C@H](O)[C@@H](O)[C@@H]2O)[C@H](O)[C@H](O)[C@H]1O. The topological polar surface area (TPSA) is 483 Å². The minimum absolute atomic E-state index is 0.0163. The summed E-state index contributed by atoms with van der Waals surface area (Å²) in [5.41, 5.74) is 0. The zero-order chi connectivity index (χ0) is 59.9. The number of carbonyl (C=O) groups is 2. The maximum absolute atomic E-state index is 13.4. The van der Waals surface area contributed by atoms with Crippen LogP contribution in [0.15, 0.2) is 0 Å². The summed E-state index contributed by atoms with van der Waals surface area (Å²) in [6, 6.07) is 0. The van der Waals surface area contributed by atoms with E-state index in [-0.39, 0.29) is 57.8 Å². The standard InChI is InChI=1S/C53H86O30/c1-18-34(58)39(63)43(67)50(76-18)75-17-33-38(62)42(66)46(70)53(83-33)80-30-14-25-26(55)12-24(13-29(25)79-47(30)21-10-27(56)35(59)28(57)11-21)78-52-45(69)41(65)37(61)32(82-52)16-74-49(72)20-4-8-23(9-5-20)77-51-44(68)40(64)36(60)31(81-51)15-73-48(71)19-2-6-22(54)7-3-19/h18-47,50-70H,2-17H2,1H3/p+1/t18-,19?,20?,21?,22?,23?,24?,25?,26?,27?,28?,29?,30?,31+,32+,33+,34-,35?,36+,37+,38+,39+,40-,41-,42-,43+,44+,45+,46+,47?,50+,51+,52+,53+/m0/s1. The van der Waals surface area contributed by atoms with Gasteiger partial charge in [0, 0.05) is 18.8 Å². The van der Waals surface area contributed by atoms with E-state index in [1.165, 1.54) is 6.92 Å². The normalized spacial score (nSPS) is 51.8. The highest BCUT2D eigenvalue weighted by Crippen LogP contribution is 2.44. The number of ether oxygens (including phenoxy) is 11. The molecule has 28 atom stereocenters. The van der Waals surface area contributed by atoms with E-state index in [2.05, 4.69) is 0 Å². The summed E-state index contributed by atoms with van der Waals surface area (Å²) in [6.07, 6.45) is -39.2. The smallest absolute Gasteiger partial charge is 0.309 e. The van der Waals surface area contributed by atoms with Gasteiger partial charge in [0.2, 0.25) is 0 Å². The number of carbonyl (C=O) groups excluding carboxylic acids is 2. The molecule has 0 bridgehead atoms. The first-order chi connectivity index (χ1) is 39.4. The first-order valence-electron chi connectivity index (χ1n) is 29.2. The van der Waals surface area contributed by atoms with E-state index < -0.39 is 239 Å². The van der Waals surface area contributed by atoms with Crippen LogP contribution >= 0.6 is 0 Å². The first-order valence-corrected chi connectivity index (χ1v) is 29.2. The van der Waals surface area contributed by atoms with Gasteiger partial charge in [-0.2, -0.15) is 0 Å². The van der Waals surface area contributed by atoms with Crippen molar-refractivity contribution < 1.29 is 149 Å². The lowest BCUT2D eigenvalue weighted by Crippen LogP contribution is -2.64. The lowest BCUT2D eigenvalue weighted by Gasteiger charge is -2.49. The number of aliphatic hydroxyl groups excluding tert-OH is 17. The summed E-state index contributed by atoms with van der Waals surface area (Å²) in [4.78, 5) is 26.1. The molecule has 5 heterocycles. The van der Waals surface area contributed by atoms with E-state index in [1.54, 1.807) is 0 Å². The molecule has 9 fully saturated rings. The van der Waals surface area contributed by atoms with Crippen LogP contribution < -0.4 is 0 Å². The average molecular weight is 1200 g/mol. The van der Waals surface area contributed by atoms with Gasteiger partial charge >= 0.3 is 11.9 Å². The summed E-state index contributed by atoms with van der Waals surface area (Å²) in [5, 5.41) is 182. The molecule has 5 saturated heterocycles. The monoisotopic (exact) mass is 1200 g/mol. The minimum Gasteiger partial charge on any atom is -0.463 e. The van der Waals surface area contributed by atoms with Crippen molar-refractivity contribution in [2.45, 2.75) is 274 Å². The van der Waals surface area contributed by atoms with Crippen molar-refractivity contribution in [2.24, 2.45) is 23.7 Å². The number of esters is 2. The molecule has 30 heteroatoms. The summed E-state index contributed by atoms with van der Waals surface area (Å²) in [7, 11) is 0. The second-order valence-corrected chi connectivity index (χ2v) is 24.4. The lowest BCUT2D eigenvalue weighted by atomic mass is 9.72. The van der Waals surface area contributed by atoms with Crippen molar-refractivity contribution in [3.05, 3.63) is 0 Å². The van der Waals surface area contributed by atoms with Gasteiger partial charge in [-0.15, -0.1) is 0 Å². The van der Waals surface area contributed by atoms with Crippen LogP contribution in [0.3, 0.4) is 0 Å². The van der Waals surface area contributed by atoms with Crippen LogP contribution in [0.5, 0.6) is 0 Å². The molecule has 0 aromatic rings. The number of hydrogen-bond donors (Lipinski definition) is 17. The molecule has 478 valence electrons. The largest absolute Gasteiger partial charge is 0.463 e. The van der Waals surface area contributed by atoms with Crippen molar-refractivity contribution in [1.82, 2.24) is 0 Å². The first kappa shape index (κ1) is 65.3. The van der Waals surface area contributed by atoms with Crippen molar-refractivity contribution in [2.75, 3.05) is 19.8 Å². The highest BCUT2D eigenvalue weighted by molar-refractivity contribution is 5.73. The highest BCUT2D eigenvalue weighted by Gasteiger charge is 2.58. The third-order valence-electron chi connectivity index (χ3n) is 18.6. The minimum atomic E-state index is -1.87. The van der Waals surface area contributed by atoms with Gasteiger partial charge in [0.25, 0.3) is 0 Å². The third kappa shape index (κ3) is 14.8. The molecule has 9 rings (SSSR count). The number of fused-ring (bicyclic) bond motifs is 1. The molecule has 5 aliphatic heterocycles. The van der Waals surface area contributed by atoms with Crippen molar-refractivity contribution in [1.29, 1.82) is 0 Å². The zero-order valence-corrected chi connectivity index (χ0v) is 45.9. The molecular formula is C53H87O30+. The van der Waals surface area contributed by atoms with Gasteiger partial charge in [-0.3, -0.25) is 9.59 Å². The van der Waals surface area contributed by atoms with Crippen molar-refractivity contribution in [3.8, 4) is 0 Å². The fraction of sp³-hybridized carbons (Fsp3) is 0.962. The number of rotatable bonds is 16. The van der Waals surface area contributed by atoms with Gasteiger partial charge in [0.1, 0.15) is 117 Å². The van der Waals surface area contributed by atoms with E-state index in [9.17, 15) is 96.4 Å². The molecule has 0 amide bonds. The molecular weight excluding hydrogens is 1120 g/mol. The van der Waals surface area contributed by atoms with E-state index >= 15 is 0 Å². The second kappa shape index (κ2) is 28.2. The Bertz CT molecular complexity index is 2060. The van der Waals surface area contributed by atoms with Gasteiger partial charge in [0.15, 0.2) is 37.4 Å². The van der Waals surface area contributed by atoms with Crippen LogP contribution in [0.1, 0.15) is 90.4 Å². The average Bonchev–Trinajstić information content (AvgIpc) is 3.65. The van der Waals surface area contributed by atoms with Gasteiger partial charge in [-0.1, -0.05) is 0 Å². The number of hydrogen-bond acceptors (Lipinski definition) is 29. The second-order valence-electron chi connectivity index (χ2n) is 24.4. The Hall–Kier alpha value is -2.10. The van der Waals surface area contributed by atoms with Crippen LogP contribution in [0.2, 0.25) is 0 Å². The Labute approximate surface area is 477 Å². The summed E-state index contributed by atoms with van der Waals surface area (Å²) in [5.74, 6) is -3.62. The van der Waals surface area contributed by atoms with Crippen molar-refractivity contribution >= 4 is 11.9 Å². The lowest BCUT2D eigenvalue weighted by molar-refractivity contribution is -0.367. The van der Waals surface area contributed by atoms with Crippen molar-refractivity contribution in [3.63, 3.8) is 0 Å². The van der Waals surface area contributed by atoms with Crippen LogP contribution in [-0.4, -0.2) is 307 Å². The van der Waals surface area contributed by atoms with Gasteiger partial charge in [0.05, 0.1) is 67.1 Å². The Morgan fingerprint density at radius 1 is 0.422 bits per heavy atom. The Balaban J connectivity index is 0.771. The van der Waals surface area contributed by atoms with E-state index in [0.29, 0.717) is 25.7 Å². The molecule has 4 saturated carbocycles. The Morgan fingerprint density at radius 2 is 0.867 bits per heavy atom. The Morgan fingerprint density at radius 3 is 1.39 bits per heavy atom. The van der Waals surface area contributed by atoms with Gasteiger partial charge in [-0.05, 0) is 77.6 Å². The Kier molecular flexibility index (Phi) is 22.2. The summed E-state index contributed by atoms with van der Waals surface area (Å²) >= 11 is 0. The maximum Gasteiger partial charge on any atom is 0.309 e. The molecule has 9 aliphatic rings. The van der Waals surface area contributed by atoms with Gasteiger partial charge < -0.3 is 139 Å². The molecule has 4 aliphatic carbocycles. The van der Waals surface area contributed by atoms with E-state index in [1.807, 2.05) is 0 Å². The summed E-state index contributed by atoms with van der Waals surface area (Å²) < 4.78 is 63.3. The third-order valence-corrected chi connectivity index (χ3v) is 18.6. The molecule has 0 aromatic carbocycles. The van der Waals surface area contributed by atoms with E-state index in [0.717, 1.165) is 0 Å². The van der Waals surface area contributed by atoms with Crippen LogP contribution in [0, 0.1) is 23.7 Å². The molecule has 0 aromatic heterocycles. The number of aliphatic hydroxyl groups is 19. The van der Waals surface area contributed by atoms with E-state index in [4.69, 9.17) is 52.1 Å². The molecule has 0 spiro atoms. The molecule has 30 nitrogen and oxygen atoms in total. The fourth-order valence-corrected chi connectivity index (χ4v) is 13.4. The summed E-state index contributed by atoms with van der Waals surface area (Å²) in [6.45, 7) is -0.128. The fourth-order valence-electron chi connectivity index (χ4n) is 13.4. The van der Waals surface area contributed by atoms with Crippen LogP contribution in [-0.2, 0) is 57.0 Å². The predicted molar refractivity (Wildman–Crippen MR) is 269 cm³/mol. The molecule has 0 radical (unpaired) electrons. The highest BCUT2D eigenvalue weighted by atomic mass is 16.7. The van der Waals surface area contributed by atoms with Crippen LogP contribution in [0.4, 0.5) is 0 Å². The molecule has 83 heavy (non-hydrogen) atoms. The predicted octanol–water partition coefficient (Wildman–Crippen LogP) is -7.83.